The second-order valence-corrected chi connectivity index (χ2v) is 5.94. The van der Waals surface area contributed by atoms with Crippen LogP contribution in [0.4, 0.5) is 13.2 Å². The first-order valence-electron chi connectivity index (χ1n) is 5.55. The third-order valence-electron chi connectivity index (χ3n) is 3.58. The Morgan fingerprint density at radius 3 is 2.24 bits per heavy atom. The Labute approximate surface area is 97.7 Å². The highest BCUT2D eigenvalue weighted by Crippen LogP contribution is 2.73. The second kappa shape index (κ2) is 3.16. The van der Waals surface area contributed by atoms with Crippen molar-refractivity contribution >= 4 is 5.97 Å². The zero-order chi connectivity index (χ0) is 13.1. The minimum atomic E-state index is -4.35. The van der Waals surface area contributed by atoms with Gasteiger partial charge in [-0.15, -0.1) is 0 Å². The number of hydrogen-bond donors (Lipinski definition) is 1. The molecule has 98 valence electrons. The molecule has 17 heavy (non-hydrogen) atoms. The Kier molecular flexibility index (Phi) is 2.35. The van der Waals surface area contributed by atoms with Crippen molar-refractivity contribution in [2.45, 2.75) is 39.0 Å². The van der Waals surface area contributed by atoms with Crippen molar-refractivity contribution in [3.63, 3.8) is 0 Å². The van der Waals surface area contributed by atoms with Crippen LogP contribution in [0.15, 0.2) is 0 Å². The van der Waals surface area contributed by atoms with Crippen LogP contribution in [-0.2, 0) is 9.53 Å². The van der Waals surface area contributed by atoms with Gasteiger partial charge in [-0.25, -0.2) is 0 Å². The van der Waals surface area contributed by atoms with Crippen LogP contribution in [0, 0.1) is 10.8 Å². The molecule has 0 unspecified atom stereocenters. The van der Waals surface area contributed by atoms with Gasteiger partial charge in [0.15, 0.2) is 0 Å². The number of carbonyl (C=O) groups is 1. The standard InChI is InChI=1S/C11H16F3NO2/c1-8(2,3)17-7(16)9-4-10(9,6-15-5-9)11(12,13)14/h15H,4-6H2,1-3H3/t9-,10-/m1/s1. The SMILES string of the molecule is CC(C)(C)OC(=O)[C@@]12CNC[C@]1(C(F)(F)F)C2. The van der Waals surface area contributed by atoms with E-state index in [4.69, 9.17) is 4.74 Å². The quantitative estimate of drug-likeness (QED) is 0.723. The Balaban J connectivity index is 2.21. The fourth-order valence-electron chi connectivity index (χ4n) is 2.61. The molecule has 0 bridgehead atoms. The molecule has 1 aliphatic heterocycles. The highest BCUT2D eigenvalue weighted by molar-refractivity contribution is 5.84. The van der Waals surface area contributed by atoms with Crippen LogP contribution in [0.2, 0.25) is 0 Å². The molecule has 1 saturated heterocycles. The molecule has 3 nitrogen and oxygen atoms in total. The van der Waals surface area contributed by atoms with Gasteiger partial charge in [-0.2, -0.15) is 13.2 Å². The molecule has 2 aliphatic rings. The van der Waals surface area contributed by atoms with Gasteiger partial charge in [0.2, 0.25) is 0 Å². The van der Waals surface area contributed by atoms with Gasteiger partial charge >= 0.3 is 12.1 Å². The zero-order valence-electron chi connectivity index (χ0n) is 10.1. The average molecular weight is 251 g/mol. The van der Waals surface area contributed by atoms with Crippen molar-refractivity contribution in [3.05, 3.63) is 0 Å². The summed E-state index contributed by atoms with van der Waals surface area (Å²) >= 11 is 0. The predicted molar refractivity (Wildman–Crippen MR) is 54.3 cm³/mol. The zero-order valence-corrected chi connectivity index (χ0v) is 10.1. The van der Waals surface area contributed by atoms with E-state index in [2.05, 4.69) is 5.32 Å². The molecule has 2 atom stereocenters. The lowest BCUT2D eigenvalue weighted by atomic mass is 9.95. The fourth-order valence-corrected chi connectivity index (χ4v) is 2.61. The first kappa shape index (κ1) is 12.7. The number of carbonyl (C=O) groups excluding carboxylic acids is 1. The third kappa shape index (κ3) is 1.64. The third-order valence-corrected chi connectivity index (χ3v) is 3.58. The number of alkyl halides is 3. The summed E-state index contributed by atoms with van der Waals surface area (Å²) < 4.78 is 44.0. The van der Waals surface area contributed by atoms with E-state index in [1.54, 1.807) is 20.8 Å². The van der Waals surface area contributed by atoms with Gasteiger partial charge in [-0.05, 0) is 27.2 Å². The first-order chi connectivity index (χ1) is 7.54. The van der Waals surface area contributed by atoms with E-state index in [1.165, 1.54) is 0 Å². The van der Waals surface area contributed by atoms with Crippen LogP contribution in [0.5, 0.6) is 0 Å². The molecule has 0 spiro atoms. The molecule has 2 fully saturated rings. The van der Waals surface area contributed by atoms with Crippen molar-refractivity contribution in [2.24, 2.45) is 10.8 Å². The van der Waals surface area contributed by atoms with Gasteiger partial charge in [0, 0.05) is 13.1 Å². The Morgan fingerprint density at radius 1 is 1.24 bits per heavy atom. The van der Waals surface area contributed by atoms with Crippen molar-refractivity contribution in [1.29, 1.82) is 0 Å². The summed E-state index contributed by atoms with van der Waals surface area (Å²) in [5.74, 6) is -0.729. The van der Waals surface area contributed by atoms with Crippen LogP contribution in [0.3, 0.4) is 0 Å². The topological polar surface area (TPSA) is 38.3 Å². The van der Waals surface area contributed by atoms with E-state index < -0.39 is 28.6 Å². The van der Waals surface area contributed by atoms with Crippen molar-refractivity contribution in [1.82, 2.24) is 5.32 Å². The average Bonchev–Trinajstić information content (AvgIpc) is 2.63. The molecule has 6 heteroatoms. The van der Waals surface area contributed by atoms with Gasteiger partial charge in [-0.3, -0.25) is 4.79 Å². The lowest BCUT2D eigenvalue weighted by Crippen LogP contribution is -2.37. The maximum absolute atomic E-state index is 13.0. The summed E-state index contributed by atoms with van der Waals surface area (Å²) in [7, 11) is 0. The normalized spacial score (nSPS) is 36.6. The molecule has 1 N–H and O–H groups in total. The maximum atomic E-state index is 13.0. The largest absolute Gasteiger partial charge is 0.459 e. The lowest BCUT2D eigenvalue weighted by Gasteiger charge is -2.25. The van der Waals surface area contributed by atoms with Crippen LogP contribution < -0.4 is 5.32 Å². The van der Waals surface area contributed by atoms with E-state index in [0.29, 0.717) is 0 Å². The molecule has 1 saturated carbocycles. The Hall–Kier alpha value is -0.780. The van der Waals surface area contributed by atoms with Gasteiger partial charge in [0.05, 0.1) is 10.8 Å². The van der Waals surface area contributed by atoms with E-state index in [9.17, 15) is 18.0 Å². The lowest BCUT2D eigenvalue weighted by molar-refractivity contribution is -0.199. The van der Waals surface area contributed by atoms with Crippen LogP contribution in [0.25, 0.3) is 0 Å². The number of nitrogens with one attached hydrogen (secondary N) is 1. The van der Waals surface area contributed by atoms with Gasteiger partial charge in [0.1, 0.15) is 5.60 Å². The van der Waals surface area contributed by atoms with E-state index in [-0.39, 0.29) is 19.5 Å². The number of esters is 1. The van der Waals surface area contributed by atoms with E-state index in [1.807, 2.05) is 0 Å². The highest BCUT2D eigenvalue weighted by atomic mass is 19.4. The summed E-state index contributed by atoms with van der Waals surface area (Å²) in [4.78, 5) is 11.9. The minimum absolute atomic E-state index is 0.0570. The number of ether oxygens (including phenoxy) is 1. The summed E-state index contributed by atoms with van der Waals surface area (Å²) in [6.45, 7) is 4.84. The number of piperidine rings is 1. The van der Waals surface area contributed by atoms with Crippen LogP contribution >= 0.6 is 0 Å². The van der Waals surface area contributed by atoms with Crippen LogP contribution in [-0.4, -0.2) is 30.8 Å². The van der Waals surface area contributed by atoms with Gasteiger partial charge in [0.25, 0.3) is 0 Å². The summed E-state index contributed by atoms with van der Waals surface area (Å²) in [5, 5.41) is 2.66. The Bertz CT molecular complexity index is 361. The summed E-state index contributed by atoms with van der Waals surface area (Å²) in [5.41, 5.74) is -4.05. The molecule has 1 aliphatic carbocycles. The highest BCUT2D eigenvalue weighted by Gasteiger charge is 2.85. The smallest absolute Gasteiger partial charge is 0.396 e. The monoisotopic (exact) mass is 251 g/mol. The predicted octanol–water partition coefficient (Wildman–Crippen LogP) is 1.87. The van der Waals surface area contributed by atoms with Crippen LogP contribution in [0.1, 0.15) is 27.2 Å². The van der Waals surface area contributed by atoms with Crippen molar-refractivity contribution < 1.29 is 22.7 Å². The molecule has 0 aromatic rings. The number of halogens is 3. The maximum Gasteiger partial charge on any atom is 0.396 e. The van der Waals surface area contributed by atoms with E-state index in [0.717, 1.165) is 0 Å². The minimum Gasteiger partial charge on any atom is -0.459 e. The molecule has 0 aromatic carbocycles. The second-order valence-electron chi connectivity index (χ2n) is 5.94. The Morgan fingerprint density at radius 2 is 1.82 bits per heavy atom. The molecule has 0 aromatic heterocycles. The number of fused-ring (bicyclic) bond motifs is 1. The van der Waals surface area contributed by atoms with Crippen molar-refractivity contribution in [3.8, 4) is 0 Å². The molecule has 2 rings (SSSR count). The molecule has 0 radical (unpaired) electrons. The molecular weight excluding hydrogens is 235 g/mol. The molecular formula is C11H16F3NO2. The first-order valence-corrected chi connectivity index (χ1v) is 5.55. The molecule has 0 amide bonds. The fraction of sp³-hybridized carbons (Fsp3) is 0.909. The van der Waals surface area contributed by atoms with Crippen molar-refractivity contribution in [2.75, 3.05) is 13.1 Å². The number of rotatable bonds is 1. The molecule has 1 heterocycles. The van der Waals surface area contributed by atoms with Gasteiger partial charge < -0.3 is 10.1 Å². The summed E-state index contributed by atoms with van der Waals surface area (Å²) in [6.07, 6.45) is -4.50. The van der Waals surface area contributed by atoms with Gasteiger partial charge in [-0.1, -0.05) is 0 Å². The number of hydrogen-bond acceptors (Lipinski definition) is 3. The summed E-state index contributed by atoms with van der Waals surface area (Å²) in [6, 6.07) is 0. The van der Waals surface area contributed by atoms with E-state index >= 15 is 0 Å².